The Morgan fingerprint density at radius 1 is 1.33 bits per heavy atom. The van der Waals surface area contributed by atoms with Gasteiger partial charge >= 0.3 is 0 Å². The zero-order chi connectivity index (χ0) is 7.65. The third kappa shape index (κ3) is 3.33. The minimum Gasteiger partial charge on any atom is -0.327 e. The number of hydrogen-bond acceptors (Lipinski definition) is 1. The van der Waals surface area contributed by atoms with Crippen LogP contribution in [0.5, 0.6) is 0 Å². The van der Waals surface area contributed by atoms with E-state index in [0.717, 1.165) is 4.48 Å². The molecule has 0 spiro atoms. The highest BCUT2D eigenvalue weighted by Crippen LogP contribution is 2.15. The molecule has 0 aromatic carbocycles. The van der Waals surface area contributed by atoms with E-state index in [0.29, 0.717) is 6.04 Å². The summed E-state index contributed by atoms with van der Waals surface area (Å²) in [7, 11) is 6.32. The number of rotatable bonds is 2. The molecular weight excluding hydrogens is 154 g/mol. The number of halogens is 1. The highest BCUT2D eigenvalue weighted by Gasteiger charge is 2.23. The average molecular weight is 169 g/mol. The molecule has 0 aliphatic carbocycles. The van der Waals surface area contributed by atoms with E-state index in [1.165, 1.54) is 0 Å². The molecule has 0 fully saturated rings. The summed E-state index contributed by atoms with van der Waals surface area (Å²) in [5.74, 6) is 0. The largest absolute Gasteiger partial charge is 0.327 e. The molecule has 0 saturated heterocycles. The average Bonchev–Trinajstić information content (AvgIpc) is 1.62. The molecule has 2 unspecified atom stereocenters. The molecule has 2 atom stereocenters. The van der Waals surface area contributed by atoms with Crippen molar-refractivity contribution in [1.82, 2.24) is 0 Å². The summed E-state index contributed by atoms with van der Waals surface area (Å²) in [4.78, 5) is 0. The third-order valence-corrected chi connectivity index (χ3v) is 2.42. The van der Waals surface area contributed by atoms with E-state index in [1.807, 2.05) is 0 Å². The second kappa shape index (κ2) is 3.13. The van der Waals surface area contributed by atoms with Gasteiger partial charge in [-0.25, -0.2) is 0 Å². The Kier molecular flexibility index (Phi) is 3.34. The van der Waals surface area contributed by atoms with Crippen LogP contribution in [0.4, 0.5) is 0 Å². The second-order valence-corrected chi connectivity index (χ2v) is 4.56. The molecule has 0 rings (SSSR count). The molecule has 0 radical (unpaired) electrons. The summed E-state index contributed by atoms with van der Waals surface area (Å²) in [5, 5.41) is 0. The first-order chi connectivity index (χ1) is 3.85. The lowest BCUT2D eigenvalue weighted by Crippen LogP contribution is -2.46. The molecule has 0 bridgehead atoms. The summed E-state index contributed by atoms with van der Waals surface area (Å²) >= 11 is 9.90. The van der Waals surface area contributed by atoms with E-state index in [-0.39, 0.29) is 4.71 Å². The Labute approximate surface area is 68.0 Å². The monoisotopic (exact) mass is 168 g/mol. The van der Waals surface area contributed by atoms with Crippen LogP contribution in [0.1, 0.15) is 6.92 Å². The molecule has 3 heteroatoms. The van der Waals surface area contributed by atoms with Crippen LogP contribution in [0.3, 0.4) is 0 Å². The van der Waals surface area contributed by atoms with Crippen LogP contribution in [0.2, 0.25) is 0 Å². The molecule has 0 aromatic heterocycles. The highest BCUT2D eigenvalue weighted by molar-refractivity contribution is 7.82. The van der Waals surface area contributed by atoms with Gasteiger partial charge in [0.05, 0.1) is 21.1 Å². The third-order valence-electron chi connectivity index (χ3n) is 1.62. The normalized spacial score (nSPS) is 19.3. The zero-order valence-electron chi connectivity index (χ0n) is 6.43. The summed E-state index contributed by atoms with van der Waals surface area (Å²) in [5.41, 5.74) is 0. The van der Waals surface area contributed by atoms with Crippen molar-refractivity contribution in [2.75, 3.05) is 21.1 Å². The van der Waals surface area contributed by atoms with Crippen molar-refractivity contribution >= 4 is 24.2 Å². The maximum atomic E-state index is 5.76. The first kappa shape index (κ1) is 9.60. The predicted molar refractivity (Wildman–Crippen MR) is 46.1 cm³/mol. The summed E-state index contributed by atoms with van der Waals surface area (Å²) in [6.07, 6.45) is 0. The predicted octanol–water partition coefficient (Wildman–Crippen LogP) is 1.58. The van der Waals surface area contributed by atoms with Gasteiger partial charge in [0, 0.05) is 0 Å². The SMILES string of the molecule is CC(C(S)Cl)[N+](C)(C)C. The second-order valence-electron chi connectivity index (χ2n) is 3.23. The van der Waals surface area contributed by atoms with Crippen molar-refractivity contribution in [3.63, 3.8) is 0 Å². The molecule has 9 heavy (non-hydrogen) atoms. The van der Waals surface area contributed by atoms with Crippen molar-refractivity contribution in [3.8, 4) is 0 Å². The van der Waals surface area contributed by atoms with Gasteiger partial charge in [-0.05, 0) is 6.92 Å². The molecule has 0 aliphatic heterocycles. The van der Waals surface area contributed by atoms with Crippen molar-refractivity contribution in [1.29, 1.82) is 0 Å². The maximum Gasteiger partial charge on any atom is 0.128 e. The van der Waals surface area contributed by atoms with Gasteiger partial charge in [0.1, 0.15) is 10.8 Å². The van der Waals surface area contributed by atoms with Crippen LogP contribution < -0.4 is 0 Å². The Bertz CT molecular complexity index is 87.5. The van der Waals surface area contributed by atoms with Gasteiger partial charge in [0.15, 0.2) is 0 Å². The Hall–Kier alpha value is 0.600. The van der Waals surface area contributed by atoms with Crippen LogP contribution in [0.15, 0.2) is 0 Å². The fourth-order valence-electron chi connectivity index (χ4n) is 0.369. The number of quaternary nitrogens is 1. The minimum absolute atomic E-state index is 0.0509. The van der Waals surface area contributed by atoms with Gasteiger partial charge in [0.2, 0.25) is 0 Å². The number of hydrogen-bond donors (Lipinski definition) is 1. The maximum absolute atomic E-state index is 5.76. The van der Waals surface area contributed by atoms with Crippen molar-refractivity contribution in [3.05, 3.63) is 0 Å². The standard InChI is InChI=1S/C6H14ClNS/c1-5(6(7)9)8(2,3)4/h5-6H,1-4H3/p+1. The van der Waals surface area contributed by atoms with E-state index >= 15 is 0 Å². The summed E-state index contributed by atoms with van der Waals surface area (Å²) < 4.78 is 0.808. The van der Waals surface area contributed by atoms with Crippen molar-refractivity contribution in [2.45, 2.75) is 17.7 Å². The van der Waals surface area contributed by atoms with E-state index in [1.54, 1.807) is 0 Å². The number of thiol groups is 1. The fourth-order valence-corrected chi connectivity index (χ4v) is 1.11. The van der Waals surface area contributed by atoms with Gasteiger partial charge in [-0.1, -0.05) is 0 Å². The Balaban J connectivity index is 3.88. The minimum atomic E-state index is -0.0509. The molecule has 56 valence electrons. The quantitative estimate of drug-likeness (QED) is 0.361. The Morgan fingerprint density at radius 3 is 1.67 bits per heavy atom. The van der Waals surface area contributed by atoms with Crippen LogP contribution in [0.25, 0.3) is 0 Å². The van der Waals surface area contributed by atoms with E-state index in [9.17, 15) is 0 Å². The van der Waals surface area contributed by atoms with Crippen LogP contribution in [-0.4, -0.2) is 36.4 Å². The molecule has 0 N–H and O–H groups in total. The van der Waals surface area contributed by atoms with E-state index in [2.05, 4.69) is 40.7 Å². The topological polar surface area (TPSA) is 0 Å². The highest BCUT2D eigenvalue weighted by atomic mass is 35.5. The summed E-state index contributed by atoms with van der Waals surface area (Å²) in [6.45, 7) is 2.09. The molecule has 0 amide bonds. The molecule has 1 nitrogen and oxygen atoms in total. The van der Waals surface area contributed by atoms with E-state index in [4.69, 9.17) is 11.6 Å². The van der Waals surface area contributed by atoms with Gasteiger partial charge in [-0.15, -0.1) is 11.6 Å². The number of nitrogens with zero attached hydrogens (tertiary/aromatic N) is 1. The molecule has 0 aromatic rings. The van der Waals surface area contributed by atoms with Gasteiger partial charge in [0.25, 0.3) is 0 Å². The van der Waals surface area contributed by atoms with Gasteiger partial charge < -0.3 is 4.48 Å². The molecular formula is C6H15ClNS+. The Morgan fingerprint density at radius 2 is 1.67 bits per heavy atom. The summed E-state index contributed by atoms with van der Waals surface area (Å²) in [6, 6.07) is 0.384. The fraction of sp³-hybridized carbons (Fsp3) is 1.00. The lowest BCUT2D eigenvalue weighted by molar-refractivity contribution is -0.892. The smallest absolute Gasteiger partial charge is 0.128 e. The first-order valence-corrected chi connectivity index (χ1v) is 3.94. The van der Waals surface area contributed by atoms with Crippen molar-refractivity contribution < 1.29 is 4.48 Å². The van der Waals surface area contributed by atoms with E-state index < -0.39 is 0 Å². The van der Waals surface area contributed by atoms with Crippen LogP contribution in [0, 0.1) is 0 Å². The zero-order valence-corrected chi connectivity index (χ0v) is 8.08. The lowest BCUT2D eigenvalue weighted by Gasteiger charge is -2.32. The van der Waals surface area contributed by atoms with Gasteiger partial charge in [-0.2, -0.15) is 12.6 Å². The molecule has 0 aliphatic rings. The first-order valence-electron chi connectivity index (χ1n) is 2.99. The van der Waals surface area contributed by atoms with Crippen LogP contribution >= 0.6 is 24.2 Å². The lowest BCUT2D eigenvalue weighted by atomic mass is 10.3. The number of alkyl halides is 1. The van der Waals surface area contributed by atoms with Gasteiger partial charge in [-0.3, -0.25) is 0 Å². The molecule has 0 heterocycles. The van der Waals surface area contributed by atoms with Crippen LogP contribution in [-0.2, 0) is 0 Å². The molecule has 0 saturated carbocycles. The van der Waals surface area contributed by atoms with Crippen molar-refractivity contribution in [2.24, 2.45) is 0 Å².